The molecule has 0 aliphatic heterocycles. The van der Waals surface area contributed by atoms with Crippen molar-refractivity contribution in [1.29, 1.82) is 0 Å². The van der Waals surface area contributed by atoms with E-state index >= 15 is 0 Å². The summed E-state index contributed by atoms with van der Waals surface area (Å²) in [5, 5.41) is 6.04. The second kappa shape index (κ2) is 8.31. The first-order chi connectivity index (χ1) is 7.85. The molecular weight excluding hydrogens is 218 g/mol. The molecule has 0 aliphatic carbocycles. The quantitative estimate of drug-likeness (QED) is 0.590. The van der Waals surface area contributed by atoms with Gasteiger partial charge in [0.2, 0.25) is 0 Å². The molecule has 0 saturated heterocycles. The molecule has 0 aromatic carbocycles. The lowest BCUT2D eigenvalue weighted by Crippen LogP contribution is -2.41. The second-order valence-electron chi connectivity index (χ2n) is 5.23. The van der Waals surface area contributed by atoms with Gasteiger partial charge >= 0.3 is 6.09 Å². The van der Waals surface area contributed by atoms with Gasteiger partial charge in [0.15, 0.2) is 0 Å². The van der Waals surface area contributed by atoms with E-state index in [1.54, 1.807) is 0 Å². The number of unbranched alkanes of at least 4 members (excludes halogenated alkanes) is 1. The summed E-state index contributed by atoms with van der Waals surface area (Å²) in [4.78, 5) is 11.4. The molecule has 0 saturated carbocycles. The molecule has 0 radical (unpaired) electrons. The number of carbonyl (C=O) groups is 1. The number of rotatable bonds is 7. The van der Waals surface area contributed by atoms with Crippen LogP contribution in [0.15, 0.2) is 0 Å². The van der Waals surface area contributed by atoms with Crippen molar-refractivity contribution >= 4 is 6.09 Å². The van der Waals surface area contributed by atoms with Gasteiger partial charge in [-0.3, -0.25) is 0 Å². The fraction of sp³-hybridized carbons (Fsp3) is 0.917. The number of ether oxygens (including phenoxy) is 1. The van der Waals surface area contributed by atoms with Crippen LogP contribution < -0.4 is 16.4 Å². The maximum Gasteiger partial charge on any atom is 0.407 e. The van der Waals surface area contributed by atoms with Crippen LogP contribution in [0, 0.1) is 0 Å². The molecule has 1 unspecified atom stereocenters. The maximum atomic E-state index is 11.4. The van der Waals surface area contributed by atoms with Gasteiger partial charge in [-0.25, -0.2) is 4.79 Å². The van der Waals surface area contributed by atoms with E-state index in [-0.39, 0.29) is 12.1 Å². The van der Waals surface area contributed by atoms with Gasteiger partial charge < -0.3 is 21.1 Å². The van der Waals surface area contributed by atoms with Crippen molar-refractivity contribution in [3.63, 3.8) is 0 Å². The highest BCUT2D eigenvalue weighted by atomic mass is 16.6. The Kier molecular flexibility index (Phi) is 7.91. The molecule has 102 valence electrons. The summed E-state index contributed by atoms with van der Waals surface area (Å²) in [5.41, 5.74) is 4.96. The third-order valence-electron chi connectivity index (χ3n) is 2.08. The van der Waals surface area contributed by atoms with Crippen LogP contribution in [-0.2, 0) is 4.74 Å². The third-order valence-corrected chi connectivity index (χ3v) is 2.08. The van der Waals surface area contributed by atoms with Crippen molar-refractivity contribution < 1.29 is 9.53 Å². The molecule has 0 fully saturated rings. The Morgan fingerprint density at radius 3 is 2.53 bits per heavy atom. The number of nitrogens with two attached hydrogens (primary N) is 1. The fourth-order valence-electron chi connectivity index (χ4n) is 1.24. The van der Waals surface area contributed by atoms with Gasteiger partial charge in [-0.1, -0.05) is 0 Å². The zero-order valence-electron chi connectivity index (χ0n) is 11.5. The van der Waals surface area contributed by atoms with E-state index < -0.39 is 5.60 Å². The Bertz CT molecular complexity index is 214. The minimum Gasteiger partial charge on any atom is -0.444 e. The minimum atomic E-state index is -0.443. The fourth-order valence-corrected chi connectivity index (χ4v) is 1.24. The molecule has 5 nitrogen and oxygen atoms in total. The van der Waals surface area contributed by atoms with Crippen LogP contribution in [0.5, 0.6) is 0 Å². The van der Waals surface area contributed by atoms with Crippen molar-refractivity contribution in [2.75, 3.05) is 19.6 Å². The standard InChI is InChI=1S/C12H27N3O2/c1-10(14-8-6-5-7-13)9-15-11(16)17-12(2,3)4/h10,14H,5-9,13H2,1-4H3,(H,15,16). The summed E-state index contributed by atoms with van der Waals surface area (Å²) >= 11 is 0. The van der Waals surface area contributed by atoms with Gasteiger partial charge in [0.1, 0.15) is 5.60 Å². The molecule has 0 aromatic heterocycles. The van der Waals surface area contributed by atoms with Crippen LogP contribution in [0.2, 0.25) is 0 Å². The predicted octanol–water partition coefficient (Wildman–Crippen LogP) is 1.23. The highest BCUT2D eigenvalue weighted by Gasteiger charge is 2.16. The first-order valence-electron chi connectivity index (χ1n) is 6.25. The topological polar surface area (TPSA) is 76.4 Å². The zero-order chi connectivity index (χ0) is 13.3. The molecule has 0 heterocycles. The van der Waals surface area contributed by atoms with Gasteiger partial charge in [-0.2, -0.15) is 0 Å². The summed E-state index contributed by atoms with van der Waals surface area (Å²) in [7, 11) is 0. The highest BCUT2D eigenvalue weighted by Crippen LogP contribution is 2.06. The van der Waals surface area contributed by atoms with E-state index in [1.807, 2.05) is 27.7 Å². The first kappa shape index (κ1) is 16.2. The Labute approximate surface area is 104 Å². The van der Waals surface area contributed by atoms with Crippen molar-refractivity contribution in [2.45, 2.75) is 52.2 Å². The number of hydrogen-bond acceptors (Lipinski definition) is 4. The molecule has 5 heteroatoms. The lowest BCUT2D eigenvalue weighted by molar-refractivity contribution is 0.0523. The Balaban J connectivity index is 3.55. The van der Waals surface area contributed by atoms with E-state index in [2.05, 4.69) is 10.6 Å². The molecule has 1 atom stereocenters. The highest BCUT2D eigenvalue weighted by molar-refractivity contribution is 5.67. The van der Waals surface area contributed by atoms with Crippen LogP contribution in [0.25, 0.3) is 0 Å². The van der Waals surface area contributed by atoms with Crippen molar-refractivity contribution in [1.82, 2.24) is 10.6 Å². The first-order valence-corrected chi connectivity index (χ1v) is 6.25. The average molecular weight is 245 g/mol. The van der Waals surface area contributed by atoms with Crippen molar-refractivity contribution in [3.8, 4) is 0 Å². The summed E-state index contributed by atoms with van der Waals surface area (Å²) in [5.74, 6) is 0. The minimum absolute atomic E-state index is 0.236. The Morgan fingerprint density at radius 1 is 1.35 bits per heavy atom. The summed E-state index contributed by atoms with van der Waals surface area (Å²) in [6, 6.07) is 0.236. The van der Waals surface area contributed by atoms with E-state index in [1.165, 1.54) is 0 Å². The third kappa shape index (κ3) is 11.5. The maximum absolute atomic E-state index is 11.4. The molecule has 0 aromatic rings. The molecule has 0 spiro atoms. The lowest BCUT2D eigenvalue weighted by Gasteiger charge is -2.21. The summed E-state index contributed by atoms with van der Waals surface area (Å²) < 4.78 is 5.14. The molecule has 17 heavy (non-hydrogen) atoms. The number of amides is 1. The monoisotopic (exact) mass is 245 g/mol. The number of nitrogens with one attached hydrogen (secondary N) is 2. The van der Waals surface area contributed by atoms with E-state index in [0.29, 0.717) is 6.54 Å². The molecule has 0 rings (SSSR count). The SMILES string of the molecule is CC(CNC(=O)OC(C)(C)C)NCCCCN. The van der Waals surface area contributed by atoms with Gasteiger partial charge in [-0.15, -0.1) is 0 Å². The van der Waals surface area contributed by atoms with Crippen LogP contribution in [0.1, 0.15) is 40.5 Å². The van der Waals surface area contributed by atoms with Crippen molar-refractivity contribution in [3.05, 3.63) is 0 Å². The lowest BCUT2D eigenvalue weighted by atomic mass is 10.2. The summed E-state index contributed by atoms with van der Waals surface area (Å²) in [6.45, 7) is 9.79. The second-order valence-corrected chi connectivity index (χ2v) is 5.23. The molecule has 4 N–H and O–H groups in total. The average Bonchev–Trinajstić information content (AvgIpc) is 2.19. The van der Waals surface area contributed by atoms with Crippen LogP contribution >= 0.6 is 0 Å². The molecule has 0 aliphatic rings. The van der Waals surface area contributed by atoms with Gasteiger partial charge in [0, 0.05) is 12.6 Å². The largest absolute Gasteiger partial charge is 0.444 e. The van der Waals surface area contributed by atoms with Crippen LogP contribution in [-0.4, -0.2) is 37.4 Å². The van der Waals surface area contributed by atoms with E-state index in [4.69, 9.17) is 10.5 Å². The molecule has 0 bridgehead atoms. The van der Waals surface area contributed by atoms with Crippen LogP contribution in [0.3, 0.4) is 0 Å². The van der Waals surface area contributed by atoms with Gasteiger partial charge in [0.05, 0.1) is 0 Å². The zero-order valence-corrected chi connectivity index (χ0v) is 11.5. The smallest absolute Gasteiger partial charge is 0.407 e. The Morgan fingerprint density at radius 2 is 2.00 bits per heavy atom. The van der Waals surface area contributed by atoms with Gasteiger partial charge in [0.25, 0.3) is 0 Å². The summed E-state index contributed by atoms with van der Waals surface area (Å²) in [6.07, 6.45) is 1.72. The van der Waals surface area contributed by atoms with E-state index in [9.17, 15) is 4.79 Å². The number of hydrogen-bond donors (Lipinski definition) is 3. The molecule has 1 amide bonds. The molecular formula is C12H27N3O2. The Hall–Kier alpha value is -0.810. The van der Waals surface area contributed by atoms with E-state index in [0.717, 1.165) is 25.9 Å². The number of carbonyl (C=O) groups excluding carboxylic acids is 1. The number of alkyl carbamates (subject to hydrolysis) is 1. The predicted molar refractivity (Wildman–Crippen MR) is 70.0 cm³/mol. The normalized spacial score (nSPS) is 13.2. The van der Waals surface area contributed by atoms with Crippen LogP contribution in [0.4, 0.5) is 4.79 Å². The van der Waals surface area contributed by atoms with Crippen molar-refractivity contribution in [2.24, 2.45) is 5.73 Å². The van der Waals surface area contributed by atoms with Gasteiger partial charge in [-0.05, 0) is 53.6 Å².